The van der Waals surface area contributed by atoms with Crippen molar-refractivity contribution in [2.75, 3.05) is 13.7 Å². The highest BCUT2D eigenvalue weighted by Gasteiger charge is 2.38. The predicted molar refractivity (Wildman–Crippen MR) is 79.7 cm³/mol. The monoisotopic (exact) mass is 293 g/mol. The number of aryl methyl sites for hydroxylation is 1. The van der Waals surface area contributed by atoms with Gasteiger partial charge in [0.15, 0.2) is 0 Å². The minimum Gasteiger partial charge on any atom is -0.462 e. The van der Waals surface area contributed by atoms with Crippen molar-refractivity contribution in [2.24, 2.45) is 0 Å². The van der Waals surface area contributed by atoms with E-state index in [0.717, 1.165) is 19.3 Å². The van der Waals surface area contributed by atoms with Crippen LogP contribution < -0.4 is 5.56 Å². The molecule has 1 aliphatic carbocycles. The SMILES string of the molecule is CCOC(=O)c1c(C)cc(=O)n(CC2(OC)CCC2)c1C. The summed E-state index contributed by atoms with van der Waals surface area (Å²) in [6, 6.07) is 1.50. The summed E-state index contributed by atoms with van der Waals surface area (Å²) in [5.74, 6) is -0.374. The summed E-state index contributed by atoms with van der Waals surface area (Å²) in [6.45, 7) is 6.13. The summed E-state index contributed by atoms with van der Waals surface area (Å²) in [6.07, 6.45) is 2.99. The van der Waals surface area contributed by atoms with Crippen LogP contribution in [0.3, 0.4) is 0 Å². The molecule has 0 bridgehead atoms. The van der Waals surface area contributed by atoms with Gasteiger partial charge in [-0.1, -0.05) is 0 Å². The van der Waals surface area contributed by atoms with Crippen LogP contribution in [0.4, 0.5) is 0 Å². The molecule has 116 valence electrons. The fourth-order valence-electron chi connectivity index (χ4n) is 2.92. The van der Waals surface area contributed by atoms with Crippen LogP contribution in [0.5, 0.6) is 0 Å². The third-order valence-corrected chi connectivity index (χ3v) is 4.39. The average Bonchev–Trinajstić information content (AvgIpc) is 2.37. The normalized spacial score (nSPS) is 16.4. The molecule has 0 radical (unpaired) electrons. The van der Waals surface area contributed by atoms with Gasteiger partial charge in [0.2, 0.25) is 0 Å². The number of ether oxygens (including phenoxy) is 2. The quantitative estimate of drug-likeness (QED) is 0.781. The summed E-state index contributed by atoms with van der Waals surface area (Å²) in [5, 5.41) is 0. The van der Waals surface area contributed by atoms with E-state index in [1.807, 2.05) is 0 Å². The van der Waals surface area contributed by atoms with Crippen LogP contribution in [-0.4, -0.2) is 29.9 Å². The first kappa shape index (κ1) is 15.8. The first-order valence-corrected chi connectivity index (χ1v) is 7.37. The van der Waals surface area contributed by atoms with Gasteiger partial charge in [-0.25, -0.2) is 4.79 Å². The van der Waals surface area contributed by atoms with Crippen LogP contribution in [0.1, 0.15) is 47.8 Å². The van der Waals surface area contributed by atoms with E-state index in [1.54, 1.807) is 32.4 Å². The molecule has 1 aliphatic rings. The summed E-state index contributed by atoms with van der Waals surface area (Å²) >= 11 is 0. The van der Waals surface area contributed by atoms with Gasteiger partial charge >= 0.3 is 5.97 Å². The molecule has 0 saturated heterocycles. The molecule has 0 spiro atoms. The van der Waals surface area contributed by atoms with Crippen molar-refractivity contribution in [2.45, 2.75) is 52.2 Å². The Bertz CT molecular complexity index is 594. The van der Waals surface area contributed by atoms with Crippen molar-refractivity contribution in [1.29, 1.82) is 0 Å². The zero-order valence-corrected chi connectivity index (χ0v) is 13.2. The topological polar surface area (TPSA) is 57.5 Å². The van der Waals surface area contributed by atoms with E-state index in [-0.39, 0.29) is 17.1 Å². The van der Waals surface area contributed by atoms with Crippen molar-refractivity contribution in [3.63, 3.8) is 0 Å². The molecule has 1 heterocycles. The smallest absolute Gasteiger partial charge is 0.340 e. The molecule has 21 heavy (non-hydrogen) atoms. The van der Waals surface area contributed by atoms with E-state index in [2.05, 4.69) is 0 Å². The van der Waals surface area contributed by atoms with Crippen molar-refractivity contribution < 1.29 is 14.3 Å². The third kappa shape index (κ3) is 2.88. The number of carbonyl (C=O) groups is 1. The minimum atomic E-state index is -0.374. The van der Waals surface area contributed by atoms with E-state index in [1.165, 1.54) is 6.07 Å². The van der Waals surface area contributed by atoms with Gasteiger partial charge in [-0.15, -0.1) is 0 Å². The van der Waals surface area contributed by atoms with Crippen LogP contribution in [0.25, 0.3) is 0 Å². The van der Waals surface area contributed by atoms with E-state index in [4.69, 9.17) is 9.47 Å². The standard InChI is InChI=1S/C16H23NO4/c1-5-21-15(19)14-11(2)9-13(18)17(12(14)3)10-16(20-4)7-6-8-16/h9H,5-8,10H2,1-4H3. The molecule has 0 aliphatic heterocycles. The zero-order chi connectivity index (χ0) is 15.6. The molecule has 5 nitrogen and oxygen atoms in total. The molecule has 1 aromatic heterocycles. The fraction of sp³-hybridized carbons (Fsp3) is 0.625. The molecule has 1 saturated carbocycles. The summed E-state index contributed by atoms with van der Waals surface area (Å²) in [4.78, 5) is 24.4. The van der Waals surface area contributed by atoms with Crippen molar-refractivity contribution in [1.82, 2.24) is 4.57 Å². The minimum absolute atomic E-state index is 0.0960. The van der Waals surface area contributed by atoms with Crippen LogP contribution >= 0.6 is 0 Å². The number of carbonyl (C=O) groups excluding carboxylic acids is 1. The highest BCUT2D eigenvalue weighted by molar-refractivity contribution is 5.92. The van der Waals surface area contributed by atoms with Crippen LogP contribution in [0.15, 0.2) is 10.9 Å². The molecule has 2 rings (SSSR count). The molecule has 1 aromatic rings. The second-order valence-corrected chi connectivity index (χ2v) is 5.67. The second-order valence-electron chi connectivity index (χ2n) is 5.67. The summed E-state index contributed by atoms with van der Waals surface area (Å²) in [7, 11) is 1.68. The van der Waals surface area contributed by atoms with Crippen LogP contribution in [-0.2, 0) is 16.0 Å². The Labute approximate surface area is 124 Å². The molecule has 0 amide bonds. The number of aromatic nitrogens is 1. The van der Waals surface area contributed by atoms with Gasteiger partial charge in [0.1, 0.15) is 0 Å². The van der Waals surface area contributed by atoms with Gasteiger partial charge in [0.25, 0.3) is 5.56 Å². The lowest BCUT2D eigenvalue weighted by molar-refractivity contribution is -0.0844. The second kappa shape index (κ2) is 6.02. The fourth-order valence-corrected chi connectivity index (χ4v) is 2.92. The van der Waals surface area contributed by atoms with Gasteiger partial charge in [0.05, 0.1) is 24.3 Å². The van der Waals surface area contributed by atoms with E-state index in [0.29, 0.717) is 30.0 Å². The Morgan fingerprint density at radius 2 is 2.05 bits per heavy atom. The molecule has 0 unspecified atom stereocenters. The van der Waals surface area contributed by atoms with Gasteiger partial charge in [-0.3, -0.25) is 4.79 Å². The maximum Gasteiger partial charge on any atom is 0.340 e. The van der Waals surface area contributed by atoms with Crippen LogP contribution in [0.2, 0.25) is 0 Å². The number of hydrogen-bond donors (Lipinski definition) is 0. The van der Waals surface area contributed by atoms with Crippen LogP contribution in [0, 0.1) is 13.8 Å². The Morgan fingerprint density at radius 3 is 2.52 bits per heavy atom. The number of rotatable bonds is 5. The maximum atomic E-state index is 12.3. The molecule has 0 N–H and O–H groups in total. The number of esters is 1. The molecule has 5 heteroatoms. The molecule has 1 fully saturated rings. The van der Waals surface area contributed by atoms with Crippen molar-refractivity contribution in [3.8, 4) is 0 Å². The Balaban J connectivity index is 2.44. The van der Waals surface area contributed by atoms with Gasteiger partial charge in [-0.05, 0) is 45.6 Å². The van der Waals surface area contributed by atoms with E-state index >= 15 is 0 Å². The third-order valence-electron chi connectivity index (χ3n) is 4.39. The Hall–Kier alpha value is -1.62. The molecule has 0 aromatic carbocycles. The van der Waals surface area contributed by atoms with E-state index < -0.39 is 0 Å². The Kier molecular flexibility index (Phi) is 4.52. The number of hydrogen-bond acceptors (Lipinski definition) is 4. The van der Waals surface area contributed by atoms with Gasteiger partial charge in [-0.2, -0.15) is 0 Å². The largest absolute Gasteiger partial charge is 0.462 e. The van der Waals surface area contributed by atoms with Gasteiger partial charge < -0.3 is 14.0 Å². The average molecular weight is 293 g/mol. The summed E-state index contributed by atoms with van der Waals surface area (Å²) < 4.78 is 12.3. The lowest BCUT2D eigenvalue weighted by Gasteiger charge is -2.41. The Morgan fingerprint density at radius 1 is 1.38 bits per heavy atom. The molecular formula is C16H23NO4. The van der Waals surface area contributed by atoms with E-state index in [9.17, 15) is 9.59 Å². The van der Waals surface area contributed by atoms with Gasteiger partial charge in [0, 0.05) is 18.9 Å². The lowest BCUT2D eigenvalue weighted by atomic mass is 9.79. The number of nitrogens with zero attached hydrogens (tertiary/aromatic N) is 1. The zero-order valence-electron chi connectivity index (χ0n) is 13.2. The highest BCUT2D eigenvalue weighted by atomic mass is 16.5. The number of pyridine rings is 1. The maximum absolute atomic E-state index is 12.3. The number of methoxy groups -OCH3 is 1. The molecule has 0 atom stereocenters. The molecular weight excluding hydrogens is 270 g/mol. The van der Waals surface area contributed by atoms with Crippen molar-refractivity contribution >= 4 is 5.97 Å². The summed E-state index contributed by atoms with van der Waals surface area (Å²) in [5.41, 5.74) is 1.44. The first-order valence-electron chi connectivity index (χ1n) is 7.37. The van der Waals surface area contributed by atoms with Crippen molar-refractivity contribution in [3.05, 3.63) is 33.2 Å². The predicted octanol–water partition coefficient (Wildman–Crippen LogP) is 2.21. The lowest BCUT2D eigenvalue weighted by Crippen LogP contribution is -2.46. The first-order chi connectivity index (χ1) is 9.94. The highest BCUT2D eigenvalue weighted by Crippen LogP contribution is 2.36.